The van der Waals surface area contributed by atoms with Crippen LogP contribution in [0.1, 0.15) is 28.5 Å². The number of nitrogens with zero attached hydrogens (tertiary/aromatic N) is 5. The molecule has 3 rings (SSSR count). The molecule has 8 heteroatoms. The Kier molecular flexibility index (Phi) is 6.43. The number of aromatic nitrogens is 4. The Morgan fingerprint density at radius 1 is 1.10 bits per heavy atom. The molecule has 1 aromatic carbocycles. The quantitative estimate of drug-likeness (QED) is 0.583. The summed E-state index contributed by atoms with van der Waals surface area (Å²) in [6, 6.07) is 11.3. The fourth-order valence-corrected chi connectivity index (χ4v) is 2.82. The van der Waals surface area contributed by atoms with Gasteiger partial charge in [-0.3, -0.25) is 4.79 Å². The fourth-order valence-electron chi connectivity index (χ4n) is 2.82. The number of ether oxygens (including phenoxy) is 2. The van der Waals surface area contributed by atoms with E-state index in [9.17, 15) is 4.79 Å². The molecule has 0 radical (unpaired) electrons. The van der Waals surface area contributed by atoms with E-state index in [1.165, 1.54) is 0 Å². The van der Waals surface area contributed by atoms with Crippen LogP contribution in [0, 0.1) is 13.8 Å². The van der Waals surface area contributed by atoms with Crippen molar-refractivity contribution < 1.29 is 14.3 Å². The summed E-state index contributed by atoms with van der Waals surface area (Å²) in [5, 5.41) is 12.4. The van der Waals surface area contributed by atoms with Crippen LogP contribution < -0.4 is 9.47 Å². The Labute approximate surface area is 170 Å². The zero-order valence-electron chi connectivity index (χ0n) is 17.1. The van der Waals surface area contributed by atoms with Crippen LogP contribution in [0.2, 0.25) is 0 Å². The summed E-state index contributed by atoms with van der Waals surface area (Å²) in [5.41, 5.74) is 2.27. The van der Waals surface area contributed by atoms with Crippen LogP contribution in [0.5, 0.6) is 11.6 Å². The van der Waals surface area contributed by atoms with Crippen molar-refractivity contribution in [3.05, 3.63) is 59.4 Å². The lowest BCUT2D eigenvalue weighted by atomic mass is 10.2. The van der Waals surface area contributed by atoms with Gasteiger partial charge in [-0.05, 0) is 38.5 Å². The van der Waals surface area contributed by atoms with Crippen molar-refractivity contribution in [2.45, 2.75) is 20.8 Å². The van der Waals surface area contributed by atoms with Gasteiger partial charge in [0.1, 0.15) is 12.4 Å². The highest BCUT2D eigenvalue weighted by Crippen LogP contribution is 2.17. The Hall–Kier alpha value is -3.42. The third-order valence-corrected chi connectivity index (χ3v) is 4.50. The molecular weight excluding hydrogens is 370 g/mol. The number of carbonyl (C=O) groups excluding carboxylic acids is 1. The molecule has 0 aliphatic heterocycles. The molecule has 0 unspecified atom stereocenters. The van der Waals surface area contributed by atoms with E-state index in [0.29, 0.717) is 42.7 Å². The van der Waals surface area contributed by atoms with E-state index >= 15 is 0 Å². The molecule has 0 fully saturated rings. The third kappa shape index (κ3) is 4.71. The summed E-state index contributed by atoms with van der Waals surface area (Å²) < 4.78 is 12.7. The van der Waals surface area contributed by atoms with Crippen molar-refractivity contribution in [3.63, 3.8) is 0 Å². The van der Waals surface area contributed by atoms with Gasteiger partial charge >= 0.3 is 0 Å². The first-order valence-corrected chi connectivity index (χ1v) is 9.46. The Bertz CT molecular complexity index is 969. The largest absolute Gasteiger partial charge is 0.491 e. The molecule has 0 saturated carbocycles. The lowest BCUT2D eigenvalue weighted by Crippen LogP contribution is -2.31. The number of benzene rings is 1. The molecular formula is C21H25N5O3. The molecule has 152 valence electrons. The number of likely N-dealkylation sites (N-methyl/N-ethyl adjacent to an activating group) is 1. The highest BCUT2D eigenvalue weighted by molar-refractivity contribution is 5.95. The first-order chi connectivity index (χ1) is 14.0. The second-order valence-corrected chi connectivity index (χ2v) is 6.56. The minimum atomic E-state index is -0.124. The molecule has 0 N–H and O–H groups in total. The fraction of sp³-hybridized carbons (Fsp3) is 0.333. The number of hydrogen-bond donors (Lipinski definition) is 0. The van der Waals surface area contributed by atoms with Crippen LogP contribution >= 0.6 is 0 Å². The van der Waals surface area contributed by atoms with Gasteiger partial charge < -0.3 is 14.4 Å². The standard InChI is InChI=1S/C21H25N5O3/c1-5-28-20-11-10-19(23-24-20)26-16(3)17(14-22-26)21(27)25(4)12-13-29-18-9-7-6-8-15(18)2/h6-11,14H,5,12-13H2,1-4H3. The van der Waals surface area contributed by atoms with E-state index < -0.39 is 0 Å². The predicted octanol–water partition coefficient (Wildman–Crippen LogP) is 2.83. The normalized spacial score (nSPS) is 10.6. The Morgan fingerprint density at radius 3 is 2.59 bits per heavy atom. The highest BCUT2D eigenvalue weighted by Gasteiger charge is 2.19. The molecule has 3 aromatic rings. The van der Waals surface area contributed by atoms with Gasteiger partial charge in [0.05, 0.1) is 30.6 Å². The van der Waals surface area contributed by atoms with Gasteiger partial charge in [-0.15, -0.1) is 10.2 Å². The maximum absolute atomic E-state index is 12.8. The molecule has 1 amide bonds. The van der Waals surface area contributed by atoms with Crippen molar-refractivity contribution in [1.29, 1.82) is 0 Å². The van der Waals surface area contributed by atoms with E-state index in [4.69, 9.17) is 9.47 Å². The number of para-hydroxylation sites is 1. The summed E-state index contributed by atoms with van der Waals surface area (Å²) >= 11 is 0. The van der Waals surface area contributed by atoms with E-state index in [0.717, 1.165) is 11.3 Å². The van der Waals surface area contributed by atoms with Crippen LogP contribution in [0.25, 0.3) is 5.82 Å². The molecule has 0 aliphatic rings. The van der Waals surface area contributed by atoms with Crippen LogP contribution in [0.4, 0.5) is 0 Å². The second-order valence-electron chi connectivity index (χ2n) is 6.56. The molecule has 8 nitrogen and oxygen atoms in total. The SMILES string of the molecule is CCOc1ccc(-n2ncc(C(=O)N(C)CCOc3ccccc3C)c2C)nn1. The predicted molar refractivity (Wildman–Crippen MR) is 109 cm³/mol. The van der Waals surface area contributed by atoms with Crippen LogP contribution in [-0.2, 0) is 0 Å². The maximum atomic E-state index is 12.8. The second kappa shape index (κ2) is 9.18. The van der Waals surface area contributed by atoms with E-state index in [1.807, 2.05) is 45.0 Å². The minimum Gasteiger partial charge on any atom is -0.491 e. The summed E-state index contributed by atoms with van der Waals surface area (Å²) in [5.74, 6) is 1.67. The average Bonchev–Trinajstić information content (AvgIpc) is 3.11. The number of amides is 1. The van der Waals surface area contributed by atoms with Gasteiger partial charge in [0.25, 0.3) is 5.91 Å². The van der Waals surface area contributed by atoms with Crippen molar-refractivity contribution in [2.24, 2.45) is 0 Å². The molecule has 2 heterocycles. The zero-order valence-corrected chi connectivity index (χ0v) is 17.1. The van der Waals surface area contributed by atoms with Gasteiger partial charge in [0.15, 0.2) is 5.82 Å². The monoisotopic (exact) mass is 395 g/mol. The highest BCUT2D eigenvalue weighted by atomic mass is 16.5. The van der Waals surface area contributed by atoms with Gasteiger partial charge in [-0.25, -0.2) is 4.68 Å². The number of hydrogen-bond acceptors (Lipinski definition) is 6. The molecule has 0 aliphatic carbocycles. The molecule has 0 saturated heterocycles. The van der Waals surface area contributed by atoms with E-state index in [1.54, 1.807) is 35.0 Å². The van der Waals surface area contributed by atoms with E-state index in [-0.39, 0.29) is 5.91 Å². The number of carbonyl (C=O) groups is 1. The van der Waals surface area contributed by atoms with Gasteiger partial charge in [0, 0.05) is 13.1 Å². The first kappa shape index (κ1) is 20.3. The van der Waals surface area contributed by atoms with Gasteiger partial charge in [0.2, 0.25) is 5.88 Å². The maximum Gasteiger partial charge on any atom is 0.257 e. The van der Waals surface area contributed by atoms with Crippen LogP contribution in [-0.4, -0.2) is 57.6 Å². The lowest BCUT2D eigenvalue weighted by Gasteiger charge is -2.18. The summed E-state index contributed by atoms with van der Waals surface area (Å²) in [7, 11) is 1.75. The van der Waals surface area contributed by atoms with Gasteiger partial charge in [-0.1, -0.05) is 18.2 Å². The number of aryl methyl sites for hydroxylation is 1. The van der Waals surface area contributed by atoms with Gasteiger partial charge in [-0.2, -0.15) is 5.10 Å². The van der Waals surface area contributed by atoms with Crippen molar-refractivity contribution in [3.8, 4) is 17.4 Å². The molecule has 29 heavy (non-hydrogen) atoms. The van der Waals surface area contributed by atoms with Crippen molar-refractivity contribution >= 4 is 5.91 Å². The molecule has 0 spiro atoms. The molecule has 0 atom stereocenters. The average molecular weight is 395 g/mol. The lowest BCUT2D eigenvalue weighted by molar-refractivity contribution is 0.0773. The Morgan fingerprint density at radius 2 is 1.90 bits per heavy atom. The molecule has 0 bridgehead atoms. The number of rotatable bonds is 8. The van der Waals surface area contributed by atoms with Crippen molar-refractivity contribution in [2.75, 3.05) is 26.8 Å². The summed E-state index contributed by atoms with van der Waals surface area (Å²) in [4.78, 5) is 14.4. The summed E-state index contributed by atoms with van der Waals surface area (Å²) in [6.07, 6.45) is 1.55. The summed E-state index contributed by atoms with van der Waals surface area (Å²) in [6.45, 7) is 7.09. The topological polar surface area (TPSA) is 82.4 Å². The third-order valence-electron chi connectivity index (χ3n) is 4.50. The minimum absolute atomic E-state index is 0.124. The Balaban J connectivity index is 1.64. The smallest absolute Gasteiger partial charge is 0.257 e. The van der Waals surface area contributed by atoms with Crippen LogP contribution in [0.3, 0.4) is 0 Å². The molecule has 2 aromatic heterocycles. The van der Waals surface area contributed by atoms with Crippen LogP contribution in [0.15, 0.2) is 42.6 Å². The van der Waals surface area contributed by atoms with Crippen molar-refractivity contribution in [1.82, 2.24) is 24.9 Å². The first-order valence-electron chi connectivity index (χ1n) is 9.46. The van der Waals surface area contributed by atoms with E-state index in [2.05, 4.69) is 15.3 Å². The zero-order chi connectivity index (χ0) is 20.8.